The van der Waals surface area contributed by atoms with Crippen LogP contribution in [0.1, 0.15) is 30.9 Å². The molecule has 22 heavy (non-hydrogen) atoms. The van der Waals surface area contributed by atoms with Crippen LogP contribution in [-0.4, -0.2) is 71.3 Å². The van der Waals surface area contributed by atoms with Gasteiger partial charge >= 0.3 is 0 Å². The smallest absolute Gasteiger partial charge is 0.223 e. The third kappa shape index (κ3) is 3.67. The van der Waals surface area contributed by atoms with Crippen molar-refractivity contribution in [3.05, 3.63) is 18.0 Å². The molecule has 1 aromatic heterocycles. The minimum Gasteiger partial charge on any atom is -0.340 e. The number of piperidine rings is 1. The Hall–Kier alpha value is -1.40. The number of hydrogen-bond donors (Lipinski definition) is 1. The maximum absolute atomic E-state index is 12.2. The van der Waals surface area contributed by atoms with Crippen LogP contribution in [0.25, 0.3) is 0 Å². The van der Waals surface area contributed by atoms with Gasteiger partial charge in [0, 0.05) is 64.0 Å². The lowest BCUT2D eigenvalue weighted by Crippen LogP contribution is -2.47. The molecule has 2 fully saturated rings. The molecule has 3 heterocycles. The molecule has 6 heteroatoms. The zero-order valence-corrected chi connectivity index (χ0v) is 13.5. The third-order valence-corrected chi connectivity index (χ3v) is 4.98. The summed E-state index contributed by atoms with van der Waals surface area (Å²) >= 11 is 0. The van der Waals surface area contributed by atoms with E-state index in [2.05, 4.69) is 21.4 Å². The van der Waals surface area contributed by atoms with E-state index in [1.165, 1.54) is 18.5 Å². The molecule has 0 atom stereocenters. The zero-order valence-electron chi connectivity index (χ0n) is 13.5. The molecular weight excluding hydrogens is 278 g/mol. The van der Waals surface area contributed by atoms with Crippen LogP contribution < -0.4 is 5.32 Å². The number of nitrogens with one attached hydrogen (secondary N) is 1. The molecule has 2 saturated heterocycles. The van der Waals surface area contributed by atoms with Gasteiger partial charge in [0.15, 0.2) is 0 Å². The Labute approximate surface area is 132 Å². The summed E-state index contributed by atoms with van der Waals surface area (Å²) in [4.78, 5) is 16.6. The topological polar surface area (TPSA) is 53.4 Å². The van der Waals surface area contributed by atoms with E-state index in [-0.39, 0.29) is 0 Å². The molecule has 0 saturated carbocycles. The van der Waals surface area contributed by atoms with Crippen LogP contribution in [0, 0.1) is 0 Å². The zero-order chi connectivity index (χ0) is 15.4. The lowest BCUT2D eigenvalue weighted by atomic mass is 9.93. The number of carbonyl (C=O) groups is 1. The number of aromatic nitrogens is 2. The van der Waals surface area contributed by atoms with E-state index in [0.717, 1.165) is 45.8 Å². The number of hydrogen-bond acceptors (Lipinski definition) is 4. The van der Waals surface area contributed by atoms with Crippen LogP contribution in [0.15, 0.2) is 12.3 Å². The van der Waals surface area contributed by atoms with Gasteiger partial charge in [-0.25, -0.2) is 0 Å². The van der Waals surface area contributed by atoms with Crippen LogP contribution in [0.4, 0.5) is 0 Å². The molecule has 2 aliphatic heterocycles. The Morgan fingerprint density at radius 1 is 1.27 bits per heavy atom. The first-order valence-electron chi connectivity index (χ1n) is 8.43. The number of rotatable bonds is 4. The van der Waals surface area contributed by atoms with Crippen LogP contribution in [0.5, 0.6) is 0 Å². The fourth-order valence-corrected chi connectivity index (χ4v) is 3.56. The molecule has 1 amide bonds. The molecule has 0 bridgehead atoms. The quantitative estimate of drug-likeness (QED) is 0.876. The summed E-state index contributed by atoms with van der Waals surface area (Å²) in [7, 11) is 2.02. The summed E-state index contributed by atoms with van der Waals surface area (Å²) in [6, 6.07) is 2.13. The lowest BCUT2D eigenvalue weighted by molar-refractivity contribution is -0.132. The highest BCUT2D eigenvalue weighted by atomic mass is 16.2. The van der Waals surface area contributed by atoms with E-state index in [1.807, 2.05) is 22.8 Å². The van der Waals surface area contributed by atoms with Crippen molar-refractivity contribution in [2.75, 3.05) is 45.8 Å². The number of piperazine rings is 1. The fraction of sp³-hybridized carbons (Fsp3) is 0.750. The van der Waals surface area contributed by atoms with E-state index in [1.54, 1.807) is 0 Å². The van der Waals surface area contributed by atoms with E-state index < -0.39 is 0 Å². The molecule has 2 aliphatic rings. The van der Waals surface area contributed by atoms with E-state index in [4.69, 9.17) is 0 Å². The molecule has 122 valence electrons. The van der Waals surface area contributed by atoms with Crippen LogP contribution >= 0.6 is 0 Å². The third-order valence-electron chi connectivity index (χ3n) is 4.98. The number of amides is 1. The Balaban J connectivity index is 1.40. The van der Waals surface area contributed by atoms with E-state index >= 15 is 0 Å². The largest absolute Gasteiger partial charge is 0.340 e. The van der Waals surface area contributed by atoms with Gasteiger partial charge in [-0.2, -0.15) is 5.10 Å². The van der Waals surface area contributed by atoms with Crippen molar-refractivity contribution in [2.45, 2.75) is 25.2 Å². The van der Waals surface area contributed by atoms with Gasteiger partial charge in [0.2, 0.25) is 5.91 Å². The van der Waals surface area contributed by atoms with Gasteiger partial charge in [0.25, 0.3) is 0 Å². The average molecular weight is 305 g/mol. The van der Waals surface area contributed by atoms with Gasteiger partial charge < -0.3 is 15.1 Å². The first kappa shape index (κ1) is 15.5. The maximum Gasteiger partial charge on any atom is 0.223 e. The molecule has 0 aromatic carbocycles. The molecular formula is C16H27N5O. The lowest BCUT2D eigenvalue weighted by Gasteiger charge is -2.33. The summed E-state index contributed by atoms with van der Waals surface area (Å²) < 4.78 is 1.99. The van der Waals surface area contributed by atoms with Crippen molar-refractivity contribution < 1.29 is 4.79 Å². The van der Waals surface area contributed by atoms with Crippen LogP contribution in [-0.2, 0) is 11.8 Å². The second kappa shape index (κ2) is 7.24. The minimum atomic E-state index is 0.315. The highest BCUT2D eigenvalue weighted by Crippen LogP contribution is 2.27. The van der Waals surface area contributed by atoms with Gasteiger partial charge in [0.1, 0.15) is 0 Å². The summed E-state index contributed by atoms with van der Waals surface area (Å²) in [6.07, 6.45) is 4.88. The van der Waals surface area contributed by atoms with Gasteiger partial charge in [-0.3, -0.25) is 9.48 Å². The monoisotopic (exact) mass is 305 g/mol. The summed E-state index contributed by atoms with van der Waals surface area (Å²) in [5, 5.41) is 7.56. The van der Waals surface area contributed by atoms with Gasteiger partial charge in [-0.15, -0.1) is 0 Å². The molecule has 6 nitrogen and oxygen atoms in total. The highest BCUT2D eigenvalue weighted by molar-refractivity contribution is 5.76. The predicted octanol–water partition coefficient (Wildman–Crippen LogP) is 0.421. The molecule has 1 aromatic rings. The first-order chi connectivity index (χ1) is 10.7. The molecule has 0 aliphatic carbocycles. The number of nitrogens with zero attached hydrogens (tertiary/aromatic N) is 4. The Bertz CT molecular complexity index is 486. The Morgan fingerprint density at radius 2 is 2.00 bits per heavy atom. The van der Waals surface area contributed by atoms with E-state index in [9.17, 15) is 4.79 Å². The summed E-state index contributed by atoms with van der Waals surface area (Å²) in [5.74, 6) is 0.933. The Kier molecular flexibility index (Phi) is 5.10. The standard InChI is InChI=1S/C16H27N5O/c1-19-15(2-6-18-19)14-3-9-20(10-4-14)11-5-16(22)21-12-7-17-8-13-21/h2,6,14,17H,3-5,7-13H2,1H3. The van der Waals surface area contributed by atoms with Gasteiger partial charge in [-0.05, 0) is 32.0 Å². The summed E-state index contributed by atoms with van der Waals surface area (Å²) in [6.45, 7) is 6.67. The average Bonchev–Trinajstić information content (AvgIpc) is 3.00. The fourth-order valence-electron chi connectivity index (χ4n) is 3.56. The molecule has 0 spiro atoms. The second-order valence-electron chi connectivity index (χ2n) is 6.38. The predicted molar refractivity (Wildman–Crippen MR) is 85.7 cm³/mol. The molecule has 3 rings (SSSR count). The van der Waals surface area contributed by atoms with Gasteiger partial charge in [0.05, 0.1) is 0 Å². The Morgan fingerprint density at radius 3 is 2.64 bits per heavy atom. The number of likely N-dealkylation sites (tertiary alicyclic amines) is 1. The number of aryl methyl sites for hydroxylation is 1. The first-order valence-corrected chi connectivity index (χ1v) is 8.43. The van der Waals surface area contributed by atoms with Gasteiger partial charge in [-0.1, -0.05) is 0 Å². The maximum atomic E-state index is 12.2. The van der Waals surface area contributed by atoms with Crippen LogP contribution in [0.2, 0.25) is 0 Å². The normalized spacial score (nSPS) is 21.2. The molecule has 0 radical (unpaired) electrons. The summed E-state index contributed by atoms with van der Waals surface area (Å²) in [5.41, 5.74) is 1.34. The van der Waals surface area contributed by atoms with Crippen molar-refractivity contribution in [1.82, 2.24) is 24.9 Å². The van der Waals surface area contributed by atoms with E-state index in [0.29, 0.717) is 18.2 Å². The van der Waals surface area contributed by atoms with Crippen molar-refractivity contribution in [2.24, 2.45) is 7.05 Å². The van der Waals surface area contributed by atoms with Crippen LogP contribution in [0.3, 0.4) is 0 Å². The minimum absolute atomic E-state index is 0.315. The highest BCUT2D eigenvalue weighted by Gasteiger charge is 2.23. The van der Waals surface area contributed by atoms with Crippen molar-refractivity contribution in [3.8, 4) is 0 Å². The second-order valence-corrected chi connectivity index (χ2v) is 6.38. The number of carbonyl (C=O) groups excluding carboxylic acids is 1. The SMILES string of the molecule is Cn1nccc1C1CCN(CCC(=O)N2CCNCC2)CC1. The van der Waals surface area contributed by atoms with Crippen molar-refractivity contribution >= 4 is 5.91 Å². The van der Waals surface area contributed by atoms with Crippen molar-refractivity contribution in [1.29, 1.82) is 0 Å². The molecule has 1 N–H and O–H groups in total. The molecule has 0 unspecified atom stereocenters. The van der Waals surface area contributed by atoms with Crippen molar-refractivity contribution in [3.63, 3.8) is 0 Å².